The van der Waals surface area contributed by atoms with E-state index < -0.39 is 4.92 Å². The molecule has 0 aliphatic rings. The fraction of sp³-hybridized carbons (Fsp3) is 0. The van der Waals surface area contributed by atoms with Gasteiger partial charge in [0.2, 0.25) is 0 Å². The molecule has 0 aliphatic heterocycles. The van der Waals surface area contributed by atoms with Gasteiger partial charge in [0.1, 0.15) is 6.20 Å². The lowest BCUT2D eigenvalue weighted by molar-refractivity contribution is -0.604. The molecule has 0 aliphatic carbocycles. The zero-order valence-corrected chi connectivity index (χ0v) is 7.78. The highest BCUT2D eigenvalue weighted by molar-refractivity contribution is 5.39. The summed E-state index contributed by atoms with van der Waals surface area (Å²) in [7, 11) is 0. The average Bonchev–Trinajstić information content (AvgIpc) is 2.30. The quantitative estimate of drug-likeness (QED) is 0.418. The third-order valence-corrected chi connectivity index (χ3v) is 1.92. The van der Waals surface area contributed by atoms with Crippen molar-refractivity contribution >= 4 is 5.69 Å². The van der Waals surface area contributed by atoms with Gasteiger partial charge in [-0.15, -0.1) is 0 Å². The molecule has 0 amide bonds. The Morgan fingerprint density at radius 2 is 1.93 bits per heavy atom. The van der Waals surface area contributed by atoms with Gasteiger partial charge in [-0.2, -0.15) is 4.57 Å². The Bertz CT molecular complexity index is 485. The van der Waals surface area contributed by atoms with Gasteiger partial charge in [-0.25, -0.2) is 0 Å². The molecule has 0 radical (unpaired) electrons. The van der Waals surface area contributed by atoms with E-state index in [1.165, 1.54) is 12.3 Å². The first-order valence-electron chi connectivity index (χ1n) is 4.35. The zero-order valence-electron chi connectivity index (χ0n) is 7.78. The standard InChI is InChI=1S/C10H8N3O2/c14-13(15)9-5-4-6-11-10(9)12-7-2-1-3-8-12/h1-8H/q+1. The fourth-order valence-corrected chi connectivity index (χ4v) is 1.27. The first-order valence-corrected chi connectivity index (χ1v) is 4.35. The maximum Gasteiger partial charge on any atom is 0.406 e. The molecule has 2 aromatic rings. The fourth-order valence-electron chi connectivity index (χ4n) is 1.27. The van der Waals surface area contributed by atoms with Gasteiger partial charge in [0.05, 0.1) is 17.3 Å². The lowest BCUT2D eigenvalue weighted by Crippen LogP contribution is -2.31. The van der Waals surface area contributed by atoms with Crippen molar-refractivity contribution in [1.29, 1.82) is 0 Å². The molecule has 0 atom stereocenters. The summed E-state index contributed by atoms with van der Waals surface area (Å²) in [6.07, 6.45) is 4.97. The van der Waals surface area contributed by atoms with Gasteiger partial charge in [-0.1, -0.05) is 6.07 Å². The number of hydrogen-bond donors (Lipinski definition) is 0. The van der Waals surface area contributed by atoms with Crippen molar-refractivity contribution < 1.29 is 9.49 Å². The van der Waals surface area contributed by atoms with Crippen molar-refractivity contribution in [2.45, 2.75) is 0 Å². The number of hydrogen-bond acceptors (Lipinski definition) is 3. The molecule has 5 heteroatoms. The van der Waals surface area contributed by atoms with Gasteiger partial charge in [0.15, 0.2) is 0 Å². The van der Waals surface area contributed by atoms with Crippen molar-refractivity contribution in [1.82, 2.24) is 4.98 Å². The van der Waals surface area contributed by atoms with E-state index in [1.54, 1.807) is 35.2 Å². The maximum absolute atomic E-state index is 10.7. The molecule has 0 unspecified atom stereocenters. The summed E-state index contributed by atoms with van der Waals surface area (Å²) in [6, 6.07) is 8.40. The highest BCUT2D eigenvalue weighted by Gasteiger charge is 2.22. The summed E-state index contributed by atoms with van der Waals surface area (Å²) >= 11 is 0. The van der Waals surface area contributed by atoms with Crippen LogP contribution in [0.15, 0.2) is 48.9 Å². The summed E-state index contributed by atoms with van der Waals surface area (Å²) in [5.74, 6) is 0.322. The van der Waals surface area contributed by atoms with Crippen LogP contribution in [0.5, 0.6) is 0 Å². The van der Waals surface area contributed by atoms with E-state index in [1.807, 2.05) is 6.07 Å². The monoisotopic (exact) mass is 202 g/mol. The molecule has 5 nitrogen and oxygen atoms in total. The smallest absolute Gasteiger partial charge is 0.258 e. The highest BCUT2D eigenvalue weighted by Crippen LogP contribution is 2.13. The molecule has 0 bridgehead atoms. The van der Waals surface area contributed by atoms with Crippen LogP contribution in [0.4, 0.5) is 5.69 Å². The highest BCUT2D eigenvalue weighted by atomic mass is 16.6. The molecule has 0 fully saturated rings. The van der Waals surface area contributed by atoms with Gasteiger partial charge < -0.3 is 0 Å². The minimum atomic E-state index is -0.442. The Hall–Kier alpha value is -2.30. The van der Waals surface area contributed by atoms with Crippen LogP contribution in [0.1, 0.15) is 0 Å². The van der Waals surface area contributed by atoms with E-state index >= 15 is 0 Å². The molecular weight excluding hydrogens is 194 g/mol. The molecule has 2 aromatic heterocycles. The number of aromatic nitrogens is 2. The molecule has 2 heterocycles. The maximum atomic E-state index is 10.7. The number of rotatable bonds is 2. The van der Waals surface area contributed by atoms with Crippen LogP contribution in [0, 0.1) is 10.1 Å². The van der Waals surface area contributed by atoms with Crippen molar-refractivity contribution in [3.05, 3.63) is 59.0 Å². The van der Waals surface area contributed by atoms with E-state index in [-0.39, 0.29) is 5.69 Å². The minimum absolute atomic E-state index is 0.00583. The normalized spacial score (nSPS) is 9.87. The summed E-state index contributed by atoms with van der Waals surface area (Å²) in [5, 5.41) is 10.7. The van der Waals surface area contributed by atoms with Crippen LogP contribution in [0.3, 0.4) is 0 Å². The average molecular weight is 202 g/mol. The molecule has 0 saturated carbocycles. The van der Waals surface area contributed by atoms with Crippen molar-refractivity contribution in [3.63, 3.8) is 0 Å². The summed E-state index contributed by atoms with van der Waals surface area (Å²) in [6.45, 7) is 0. The molecule has 0 aromatic carbocycles. The Morgan fingerprint density at radius 1 is 1.20 bits per heavy atom. The van der Waals surface area contributed by atoms with Crippen LogP contribution in [0.2, 0.25) is 0 Å². The van der Waals surface area contributed by atoms with E-state index in [9.17, 15) is 10.1 Å². The van der Waals surface area contributed by atoms with Crippen LogP contribution >= 0.6 is 0 Å². The first-order chi connectivity index (χ1) is 7.29. The lowest BCUT2D eigenvalue weighted by atomic mass is 10.4. The second-order valence-corrected chi connectivity index (χ2v) is 2.89. The van der Waals surface area contributed by atoms with Crippen molar-refractivity contribution in [2.75, 3.05) is 0 Å². The largest absolute Gasteiger partial charge is 0.406 e. The van der Waals surface area contributed by atoms with Crippen molar-refractivity contribution in [2.24, 2.45) is 0 Å². The number of nitro groups is 1. The molecule has 15 heavy (non-hydrogen) atoms. The predicted molar refractivity (Wildman–Crippen MR) is 52.4 cm³/mol. The van der Waals surface area contributed by atoms with Crippen molar-refractivity contribution in [3.8, 4) is 5.82 Å². The van der Waals surface area contributed by atoms with E-state index in [0.717, 1.165) is 0 Å². The molecule has 0 saturated heterocycles. The van der Waals surface area contributed by atoms with E-state index in [0.29, 0.717) is 5.82 Å². The topological polar surface area (TPSA) is 59.9 Å². The van der Waals surface area contributed by atoms with Gasteiger partial charge in [-0.05, 0) is 23.2 Å². The second kappa shape index (κ2) is 3.83. The van der Waals surface area contributed by atoms with Gasteiger partial charge >= 0.3 is 11.5 Å². The summed E-state index contributed by atoms with van der Waals surface area (Å²) in [5.41, 5.74) is -0.00583. The minimum Gasteiger partial charge on any atom is -0.258 e. The molecule has 0 N–H and O–H groups in total. The third kappa shape index (κ3) is 1.80. The Kier molecular flexibility index (Phi) is 2.37. The number of nitrogens with zero attached hydrogens (tertiary/aromatic N) is 3. The Labute approximate surface area is 85.8 Å². The Morgan fingerprint density at radius 3 is 2.60 bits per heavy atom. The Balaban J connectivity index is 2.58. The SMILES string of the molecule is O=[N+]([O-])c1cccnc1-[n+]1ccccc1. The summed E-state index contributed by atoms with van der Waals surface area (Å²) in [4.78, 5) is 14.3. The van der Waals surface area contributed by atoms with E-state index in [4.69, 9.17) is 0 Å². The van der Waals surface area contributed by atoms with Gasteiger partial charge in [-0.3, -0.25) is 10.1 Å². The van der Waals surface area contributed by atoms with Crippen LogP contribution in [-0.4, -0.2) is 9.91 Å². The van der Waals surface area contributed by atoms with Gasteiger partial charge in [0, 0.05) is 6.07 Å². The van der Waals surface area contributed by atoms with Crippen LogP contribution in [0.25, 0.3) is 5.82 Å². The zero-order chi connectivity index (χ0) is 10.7. The molecular formula is C10H8N3O2+. The first kappa shape index (κ1) is 9.26. The van der Waals surface area contributed by atoms with Crippen LogP contribution < -0.4 is 4.57 Å². The van der Waals surface area contributed by atoms with Crippen LogP contribution in [-0.2, 0) is 0 Å². The van der Waals surface area contributed by atoms with E-state index in [2.05, 4.69) is 4.98 Å². The second-order valence-electron chi connectivity index (χ2n) is 2.89. The molecule has 74 valence electrons. The molecule has 2 rings (SSSR count). The lowest BCUT2D eigenvalue weighted by Gasteiger charge is -1.95. The third-order valence-electron chi connectivity index (χ3n) is 1.92. The predicted octanol–water partition coefficient (Wildman–Crippen LogP) is 1.27. The number of pyridine rings is 2. The molecule has 0 spiro atoms. The van der Waals surface area contributed by atoms with Gasteiger partial charge in [0.25, 0.3) is 0 Å². The summed E-state index contributed by atoms with van der Waals surface area (Å²) < 4.78 is 1.61.